The third-order valence-electron chi connectivity index (χ3n) is 3.71. The van der Waals surface area contributed by atoms with Crippen molar-refractivity contribution in [1.29, 1.82) is 0 Å². The van der Waals surface area contributed by atoms with Crippen molar-refractivity contribution in [3.8, 4) is 5.75 Å². The Balaban J connectivity index is 3.18. The molecule has 1 aromatic rings. The maximum absolute atomic E-state index is 6.12. The van der Waals surface area contributed by atoms with Gasteiger partial charge in [0.2, 0.25) is 0 Å². The lowest BCUT2D eigenvalue weighted by atomic mass is 9.83. The molecular weight excluding hydrogens is 246 g/mol. The van der Waals surface area contributed by atoms with Crippen molar-refractivity contribution in [3.63, 3.8) is 0 Å². The van der Waals surface area contributed by atoms with Crippen molar-refractivity contribution in [2.24, 2.45) is 5.73 Å². The van der Waals surface area contributed by atoms with Crippen LogP contribution in [0.15, 0.2) is 12.1 Å². The van der Waals surface area contributed by atoms with Crippen molar-refractivity contribution in [3.05, 3.63) is 28.8 Å². The molecule has 0 bridgehead atoms. The molecule has 2 N–H and O–H groups in total. The molecule has 1 aromatic carbocycles. The van der Waals surface area contributed by atoms with Gasteiger partial charge in [-0.25, -0.2) is 0 Å². The SMILES string of the molecule is CCCOc1cc(C)c(CC(N)CC)cc1C(C)(C)C. The van der Waals surface area contributed by atoms with Crippen LogP contribution in [0.2, 0.25) is 0 Å². The van der Waals surface area contributed by atoms with E-state index in [1.165, 1.54) is 16.7 Å². The van der Waals surface area contributed by atoms with Crippen LogP contribution in [0.4, 0.5) is 0 Å². The van der Waals surface area contributed by atoms with Gasteiger partial charge in [0.25, 0.3) is 0 Å². The van der Waals surface area contributed by atoms with Gasteiger partial charge in [0.1, 0.15) is 5.75 Å². The van der Waals surface area contributed by atoms with Crippen LogP contribution in [0.25, 0.3) is 0 Å². The summed E-state index contributed by atoms with van der Waals surface area (Å²) >= 11 is 0. The molecule has 1 atom stereocenters. The summed E-state index contributed by atoms with van der Waals surface area (Å²) < 4.78 is 5.95. The zero-order valence-electron chi connectivity index (χ0n) is 14.0. The summed E-state index contributed by atoms with van der Waals surface area (Å²) in [5, 5.41) is 0. The Bertz CT molecular complexity index is 432. The van der Waals surface area contributed by atoms with E-state index in [0.29, 0.717) is 0 Å². The first-order valence-corrected chi connectivity index (χ1v) is 7.82. The molecule has 1 unspecified atom stereocenters. The molecule has 20 heavy (non-hydrogen) atoms. The number of ether oxygens (including phenoxy) is 1. The van der Waals surface area contributed by atoms with Gasteiger partial charge in [0, 0.05) is 6.04 Å². The topological polar surface area (TPSA) is 35.2 Å². The highest BCUT2D eigenvalue weighted by Crippen LogP contribution is 2.34. The standard InChI is InChI=1S/C18H31NO/c1-7-9-20-17-10-13(3)14(11-15(19)8-2)12-16(17)18(4,5)6/h10,12,15H,7-9,11,19H2,1-6H3. The zero-order valence-corrected chi connectivity index (χ0v) is 14.0. The molecule has 0 amide bonds. The Kier molecular flexibility index (Phi) is 6.07. The van der Waals surface area contributed by atoms with E-state index in [1.54, 1.807) is 0 Å². The zero-order chi connectivity index (χ0) is 15.3. The second kappa shape index (κ2) is 7.12. The van der Waals surface area contributed by atoms with Crippen molar-refractivity contribution in [2.45, 2.75) is 72.3 Å². The summed E-state index contributed by atoms with van der Waals surface area (Å²) in [5.41, 5.74) is 10.1. The molecule has 2 nitrogen and oxygen atoms in total. The number of hydrogen-bond acceptors (Lipinski definition) is 2. The van der Waals surface area contributed by atoms with Gasteiger partial charge in [-0.3, -0.25) is 0 Å². The third-order valence-corrected chi connectivity index (χ3v) is 3.71. The fourth-order valence-electron chi connectivity index (χ4n) is 2.29. The van der Waals surface area contributed by atoms with Crippen molar-refractivity contribution in [1.82, 2.24) is 0 Å². The Morgan fingerprint density at radius 1 is 1.20 bits per heavy atom. The average Bonchev–Trinajstić information content (AvgIpc) is 2.37. The van der Waals surface area contributed by atoms with Crippen LogP contribution in [0.3, 0.4) is 0 Å². The van der Waals surface area contributed by atoms with Crippen LogP contribution in [-0.4, -0.2) is 12.6 Å². The largest absolute Gasteiger partial charge is 0.493 e. The van der Waals surface area contributed by atoms with Gasteiger partial charge in [-0.15, -0.1) is 0 Å². The van der Waals surface area contributed by atoms with Gasteiger partial charge >= 0.3 is 0 Å². The van der Waals surface area contributed by atoms with Gasteiger partial charge in [0.05, 0.1) is 6.61 Å². The molecule has 0 heterocycles. The first kappa shape index (κ1) is 17.0. The number of rotatable bonds is 6. The number of hydrogen-bond donors (Lipinski definition) is 1. The van der Waals surface area contributed by atoms with E-state index in [-0.39, 0.29) is 11.5 Å². The molecule has 2 heteroatoms. The van der Waals surface area contributed by atoms with Gasteiger partial charge in [-0.05, 0) is 54.4 Å². The Morgan fingerprint density at radius 2 is 1.85 bits per heavy atom. The summed E-state index contributed by atoms with van der Waals surface area (Å²) in [6, 6.07) is 4.73. The predicted octanol–water partition coefficient (Wildman–Crippen LogP) is 4.36. The van der Waals surface area contributed by atoms with E-state index in [2.05, 4.69) is 53.7 Å². The van der Waals surface area contributed by atoms with Crippen LogP contribution in [0, 0.1) is 6.92 Å². The van der Waals surface area contributed by atoms with Crippen LogP contribution < -0.4 is 10.5 Å². The average molecular weight is 277 g/mol. The van der Waals surface area contributed by atoms with Crippen LogP contribution >= 0.6 is 0 Å². The summed E-state index contributed by atoms with van der Waals surface area (Å²) in [4.78, 5) is 0. The molecular formula is C18H31NO. The van der Waals surface area contributed by atoms with Crippen LogP contribution in [0.1, 0.15) is 64.2 Å². The maximum atomic E-state index is 6.12. The van der Waals surface area contributed by atoms with E-state index >= 15 is 0 Å². The molecule has 0 radical (unpaired) electrons. The molecule has 0 spiro atoms. The van der Waals surface area contributed by atoms with E-state index < -0.39 is 0 Å². The Hall–Kier alpha value is -1.02. The van der Waals surface area contributed by atoms with Crippen molar-refractivity contribution >= 4 is 0 Å². The fourth-order valence-corrected chi connectivity index (χ4v) is 2.29. The highest BCUT2D eigenvalue weighted by Gasteiger charge is 2.21. The number of aryl methyl sites for hydroxylation is 1. The van der Waals surface area contributed by atoms with E-state index in [4.69, 9.17) is 10.5 Å². The van der Waals surface area contributed by atoms with Crippen molar-refractivity contribution < 1.29 is 4.74 Å². The molecule has 1 rings (SSSR count). The summed E-state index contributed by atoms with van der Waals surface area (Å²) in [5.74, 6) is 1.03. The second-order valence-electron chi connectivity index (χ2n) is 6.75. The summed E-state index contributed by atoms with van der Waals surface area (Å²) in [7, 11) is 0. The fraction of sp³-hybridized carbons (Fsp3) is 0.667. The summed E-state index contributed by atoms with van der Waals surface area (Å²) in [6.45, 7) is 13.9. The normalized spacial score (nSPS) is 13.3. The highest BCUT2D eigenvalue weighted by molar-refractivity contribution is 5.46. The second-order valence-corrected chi connectivity index (χ2v) is 6.75. The van der Waals surface area contributed by atoms with Crippen molar-refractivity contribution in [2.75, 3.05) is 6.61 Å². The minimum Gasteiger partial charge on any atom is -0.493 e. The minimum absolute atomic E-state index is 0.0852. The van der Waals surface area contributed by atoms with Gasteiger partial charge < -0.3 is 10.5 Å². The predicted molar refractivity (Wildman–Crippen MR) is 87.6 cm³/mol. The van der Waals surface area contributed by atoms with E-state index in [1.807, 2.05) is 0 Å². The number of nitrogens with two attached hydrogens (primary N) is 1. The van der Waals surface area contributed by atoms with E-state index in [0.717, 1.165) is 31.6 Å². The number of benzene rings is 1. The van der Waals surface area contributed by atoms with Crippen LogP contribution in [-0.2, 0) is 11.8 Å². The molecule has 0 aliphatic carbocycles. The Labute approximate surface area is 124 Å². The smallest absolute Gasteiger partial charge is 0.123 e. The first-order valence-electron chi connectivity index (χ1n) is 7.82. The minimum atomic E-state index is 0.0852. The molecule has 114 valence electrons. The quantitative estimate of drug-likeness (QED) is 0.838. The van der Waals surface area contributed by atoms with Gasteiger partial charge in [-0.1, -0.05) is 40.7 Å². The molecule has 0 saturated heterocycles. The summed E-state index contributed by atoms with van der Waals surface area (Å²) in [6.07, 6.45) is 2.99. The van der Waals surface area contributed by atoms with Gasteiger partial charge in [-0.2, -0.15) is 0 Å². The maximum Gasteiger partial charge on any atom is 0.123 e. The monoisotopic (exact) mass is 277 g/mol. The molecule has 0 aromatic heterocycles. The molecule has 0 saturated carbocycles. The third kappa shape index (κ3) is 4.52. The van der Waals surface area contributed by atoms with E-state index in [9.17, 15) is 0 Å². The molecule has 0 aliphatic heterocycles. The lowest BCUT2D eigenvalue weighted by Gasteiger charge is -2.25. The Morgan fingerprint density at radius 3 is 2.35 bits per heavy atom. The lowest BCUT2D eigenvalue weighted by Crippen LogP contribution is -2.23. The molecule has 0 aliphatic rings. The lowest BCUT2D eigenvalue weighted by molar-refractivity contribution is 0.308. The van der Waals surface area contributed by atoms with Crippen LogP contribution in [0.5, 0.6) is 5.75 Å². The van der Waals surface area contributed by atoms with Gasteiger partial charge in [0.15, 0.2) is 0 Å². The first-order chi connectivity index (χ1) is 9.29. The molecule has 0 fully saturated rings. The highest BCUT2D eigenvalue weighted by atomic mass is 16.5.